The Morgan fingerprint density at radius 1 is 1.43 bits per heavy atom. The minimum absolute atomic E-state index is 0.174. The van der Waals surface area contributed by atoms with Crippen LogP contribution >= 0.6 is 0 Å². The molecule has 2 aromatic rings. The van der Waals surface area contributed by atoms with Crippen molar-refractivity contribution in [2.24, 2.45) is 5.41 Å². The van der Waals surface area contributed by atoms with Crippen molar-refractivity contribution in [3.05, 3.63) is 36.3 Å². The normalized spacial score (nSPS) is 23.8. The van der Waals surface area contributed by atoms with Gasteiger partial charge in [0.2, 0.25) is 0 Å². The molecular formula is C16H22N4O. The lowest BCUT2D eigenvalue weighted by atomic mass is 9.64. The van der Waals surface area contributed by atoms with E-state index < -0.39 is 0 Å². The molecule has 1 aliphatic rings. The first-order valence-corrected chi connectivity index (χ1v) is 7.31. The number of pyridine rings is 1. The first kappa shape index (κ1) is 14.2. The Morgan fingerprint density at radius 3 is 2.95 bits per heavy atom. The summed E-state index contributed by atoms with van der Waals surface area (Å²) in [6.45, 7) is 5.30. The Kier molecular flexibility index (Phi) is 3.78. The molecule has 2 unspecified atom stereocenters. The summed E-state index contributed by atoms with van der Waals surface area (Å²) in [6, 6.07) is 4.45. The van der Waals surface area contributed by atoms with Gasteiger partial charge in [0.25, 0.3) is 0 Å². The summed E-state index contributed by atoms with van der Waals surface area (Å²) in [4.78, 5) is 4.16. The van der Waals surface area contributed by atoms with E-state index in [4.69, 9.17) is 4.74 Å². The highest BCUT2D eigenvalue weighted by Gasteiger charge is 2.48. The van der Waals surface area contributed by atoms with E-state index in [0.717, 1.165) is 24.2 Å². The fourth-order valence-electron chi connectivity index (χ4n) is 3.07. The predicted molar refractivity (Wildman–Crippen MR) is 81.6 cm³/mol. The molecule has 2 atom stereocenters. The molecule has 2 heterocycles. The van der Waals surface area contributed by atoms with Crippen molar-refractivity contribution in [3.63, 3.8) is 0 Å². The van der Waals surface area contributed by atoms with E-state index in [1.807, 2.05) is 24.5 Å². The standard InChI is InChI=1S/C16H22N4O/c1-16(2)13(7-14(16)21-3)18-9-12-10-19-20-15(12)11-5-4-6-17-8-11/h4-6,8,10,13-14,18H,7,9H2,1-3H3,(H,19,20). The summed E-state index contributed by atoms with van der Waals surface area (Å²) in [5.41, 5.74) is 3.44. The first-order valence-electron chi connectivity index (χ1n) is 7.31. The Hall–Kier alpha value is -1.72. The zero-order valence-corrected chi connectivity index (χ0v) is 12.8. The number of nitrogens with zero attached hydrogens (tertiary/aromatic N) is 2. The van der Waals surface area contributed by atoms with E-state index in [-0.39, 0.29) is 5.41 Å². The van der Waals surface area contributed by atoms with Gasteiger partial charge < -0.3 is 10.1 Å². The topological polar surface area (TPSA) is 62.8 Å². The molecule has 0 spiro atoms. The average molecular weight is 286 g/mol. The van der Waals surface area contributed by atoms with Gasteiger partial charge in [-0.1, -0.05) is 13.8 Å². The third-order valence-corrected chi connectivity index (χ3v) is 4.67. The van der Waals surface area contributed by atoms with Gasteiger partial charge in [-0.2, -0.15) is 5.10 Å². The van der Waals surface area contributed by atoms with Crippen molar-refractivity contribution < 1.29 is 4.74 Å². The Bertz CT molecular complexity index is 593. The molecule has 0 bridgehead atoms. The van der Waals surface area contributed by atoms with E-state index in [1.165, 1.54) is 5.56 Å². The van der Waals surface area contributed by atoms with Crippen LogP contribution in [0.4, 0.5) is 0 Å². The molecule has 21 heavy (non-hydrogen) atoms. The van der Waals surface area contributed by atoms with E-state index in [1.54, 1.807) is 13.3 Å². The lowest BCUT2D eigenvalue weighted by molar-refractivity contribution is -0.0978. The zero-order valence-electron chi connectivity index (χ0n) is 12.8. The van der Waals surface area contributed by atoms with Crippen LogP contribution in [0.1, 0.15) is 25.8 Å². The number of hydrogen-bond acceptors (Lipinski definition) is 4. The number of ether oxygens (including phenoxy) is 1. The lowest BCUT2D eigenvalue weighted by Crippen LogP contribution is -2.60. The Morgan fingerprint density at radius 2 is 2.29 bits per heavy atom. The van der Waals surface area contributed by atoms with E-state index in [9.17, 15) is 0 Å². The van der Waals surface area contributed by atoms with Crippen LogP contribution in [0.15, 0.2) is 30.7 Å². The second kappa shape index (κ2) is 5.58. The van der Waals surface area contributed by atoms with Gasteiger partial charge in [-0.25, -0.2) is 0 Å². The van der Waals surface area contributed by atoms with Gasteiger partial charge in [-0.05, 0) is 18.6 Å². The van der Waals surface area contributed by atoms with E-state index in [2.05, 4.69) is 34.3 Å². The zero-order chi connectivity index (χ0) is 14.9. The molecule has 0 saturated heterocycles. The highest BCUT2D eigenvalue weighted by atomic mass is 16.5. The molecule has 0 radical (unpaired) electrons. The van der Waals surface area contributed by atoms with E-state index >= 15 is 0 Å². The van der Waals surface area contributed by atoms with Crippen LogP contribution in [-0.2, 0) is 11.3 Å². The first-order chi connectivity index (χ1) is 10.1. The second-order valence-electron chi connectivity index (χ2n) is 6.23. The summed E-state index contributed by atoms with van der Waals surface area (Å²) in [5, 5.41) is 10.9. The number of methoxy groups -OCH3 is 1. The molecule has 1 aliphatic carbocycles. The highest BCUT2D eigenvalue weighted by Crippen LogP contribution is 2.42. The van der Waals surface area contributed by atoms with Crippen LogP contribution in [0.5, 0.6) is 0 Å². The number of aromatic nitrogens is 3. The Balaban J connectivity index is 1.67. The average Bonchev–Trinajstić information content (AvgIpc) is 2.95. The molecule has 0 aliphatic heterocycles. The molecule has 5 nitrogen and oxygen atoms in total. The minimum atomic E-state index is 0.174. The quantitative estimate of drug-likeness (QED) is 0.886. The summed E-state index contributed by atoms with van der Waals surface area (Å²) >= 11 is 0. The maximum absolute atomic E-state index is 5.49. The van der Waals surface area contributed by atoms with Gasteiger partial charge in [-0.15, -0.1) is 0 Å². The van der Waals surface area contributed by atoms with Crippen molar-refractivity contribution in [1.29, 1.82) is 0 Å². The molecule has 2 N–H and O–H groups in total. The second-order valence-corrected chi connectivity index (χ2v) is 6.23. The number of H-pyrrole nitrogens is 1. The molecule has 0 aromatic carbocycles. The third kappa shape index (κ3) is 2.59. The van der Waals surface area contributed by atoms with Crippen LogP contribution in [0, 0.1) is 5.41 Å². The van der Waals surface area contributed by atoms with Crippen molar-refractivity contribution in [2.75, 3.05) is 7.11 Å². The van der Waals surface area contributed by atoms with Gasteiger partial charge in [0.05, 0.1) is 18.0 Å². The molecule has 5 heteroatoms. The highest BCUT2D eigenvalue weighted by molar-refractivity contribution is 5.61. The lowest BCUT2D eigenvalue weighted by Gasteiger charge is -2.51. The molecular weight excluding hydrogens is 264 g/mol. The molecule has 2 aromatic heterocycles. The van der Waals surface area contributed by atoms with Crippen molar-refractivity contribution >= 4 is 0 Å². The number of hydrogen-bond donors (Lipinski definition) is 2. The molecule has 0 amide bonds. The summed E-state index contributed by atoms with van der Waals surface area (Å²) < 4.78 is 5.49. The van der Waals surface area contributed by atoms with Crippen molar-refractivity contribution in [2.45, 2.75) is 39.0 Å². The molecule has 3 rings (SSSR count). The van der Waals surface area contributed by atoms with Crippen molar-refractivity contribution in [3.8, 4) is 11.3 Å². The summed E-state index contributed by atoms with van der Waals surface area (Å²) in [5.74, 6) is 0. The van der Waals surface area contributed by atoms with Gasteiger partial charge in [0.1, 0.15) is 0 Å². The SMILES string of the molecule is COC1CC(NCc2cn[nH]c2-c2cccnc2)C1(C)C. The van der Waals surface area contributed by atoms with E-state index in [0.29, 0.717) is 12.1 Å². The number of aromatic amines is 1. The fraction of sp³-hybridized carbons (Fsp3) is 0.500. The van der Waals surface area contributed by atoms with Gasteiger partial charge >= 0.3 is 0 Å². The fourth-order valence-corrected chi connectivity index (χ4v) is 3.07. The molecule has 112 valence electrons. The largest absolute Gasteiger partial charge is 0.381 e. The van der Waals surface area contributed by atoms with Crippen LogP contribution in [0.2, 0.25) is 0 Å². The minimum Gasteiger partial charge on any atom is -0.381 e. The maximum atomic E-state index is 5.49. The monoisotopic (exact) mass is 286 g/mol. The number of rotatable bonds is 5. The van der Waals surface area contributed by atoms with Crippen LogP contribution < -0.4 is 5.32 Å². The van der Waals surface area contributed by atoms with Crippen molar-refractivity contribution in [1.82, 2.24) is 20.5 Å². The number of nitrogens with one attached hydrogen (secondary N) is 2. The predicted octanol–water partition coefficient (Wildman–Crippen LogP) is 2.37. The summed E-state index contributed by atoms with van der Waals surface area (Å²) in [6.07, 6.45) is 6.92. The summed E-state index contributed by atoms with van der Waals surface area (Å²) in [7, 11) is 1.79. The van der Waals surface area contributed by atoms with Crippen LogP contribution in [-0.4, -0.2) is 34.4 Å². The maximum Gasteiger partial charge on any atom is 0.0710 e. The third-order valence-electron chi connectivity index (χ3n) is 4.67. The Labute approximate surface area is 125 Å². The van der Waals surface area contributed by atoms with Gasteiger partial charge in [-0.3, -0.25) is 10.1 Å². The van der Waals surface area contributed by atoms with Crippen LogP contribution in [0.25, 0.3) is 11.3 Å². The molecule has 1 saturated carbocycles. The smallest absolute Gasteiger partial charge is 0.0710 e. The van der Waals surface area contributed by atoms with Gasteiger partial charge in [0.15, 0.2) is 0 Å². The van der Waals surface area contributed by atoms with Gasteiger partial charge in [0, 0.05) is 48.6 Å². The van der Waals surface area contributed by atoms with Crippen LogP contribution in [0.3, 0.4) is 0 Å². The molecule has 1 fully saturated rings.